The minimum absolute atomic E-state index is 0.112. The summed E-state index contributed by atoms with van der Waals surface area (Å²) in [7, 11) is 0. The molecular formula is C36H68O9. The first-order valence-corrected chi connectivity index (χ1v) is 18.3. The minimum Gasteiger partial charge on any atom is -0.457 e. The standard InChI is InChI=1S/C36H68O9/c1-3-5-7-9-11-13-15-17-19-21-23-25-32(38)44-30(29-43-36-35(41)34(40)33(39)31(27-37)45-36)28-42-26-24-22-20-18-16-14-12-10-8-6-4-2/h8,10,30-31,33-37,39-41H,3-7,9,11-29H2,1-2H3/b10-8-. The highest BCUT2D eigenvalue weighted by molar-refractivity contribution is 5.69. The third kappa shape index (κ3) is 21.4. The first kappa shape index (κ1) is 42.0. The number of hydrogen-bond donors (Lipinski definition) is 4. The van der Waals surface area contributed by atoms with E-state index in [2.05, 4.69) is 26.0 Å². The van der Waals surface area contributed by atoms with Crippen molar-refractivity contribution in [3.05, 3.63) is 12.2 Å². The molecule has 0 bridgehead atoms. The van der Waals surface area contributed by atoms with Gasteiger partial charge in [0.25, 0.3) is 0 Å². The Labute approximate surface area is 274 Å². The van der Waals surface area contributed by atoms with Crippen LogP contribution in [0.4, 0.5) is 0 Å². The molecule has 0 saturated carbocycles. The van der Waals surface area contributed by atoms with Gasteiger partial charge in [-0.05, 0) is 32.1 Å². The second-order valence-electron chi connectivity index (χ2n) is 12.7. The summed E-state index contributed by atoms with van der Waals surface area (Å²) in [5, 5.41) is 39.8. The molecule has 4 N–H and O–H groups in total. The zero-order valence-electron chi connectivity index (χ0n) is 28.6. The fraction of sp³-hybridized carbons (Fsp3) is 0.917. The number of esters is 1. The fourth-order valence-electron chi connectivity index (χ4n) is 5.49. The lowest BCUT2D eigenvalue weighted by Crippen LogP contribution is -2.59. The molecule has 266 valence electrons. The van der Waals surface area contributed by atoms with Crippen molar-refractivity contribution < 1.29 is 44.2 Å². The Kier molecular flexibility index (Phi) is 27.1. The van der Waals surface area contributed by atoms with Crippen molar-refractivity contribution in [2.75, 3.05) is 26.4 Å². The summed E-state index contributed by atoms with van der Waals surface area (Å²) in [5.74, 6) is -0.318. The van der Waals surface area contributed by atoms with Crippen molar-refractivity contribution in [1.82, 2.24) is 0 Å². The predicted molar refractivity (Wildman–Crippen MR) is 178 cm³/mol. The number of rotatable bonds is 30. The maximum atomic E-state index is 12.6. The lowest BCUT2D eigenvalue weighted by atomic mass is 9.99. The second-order valence-corrected chi connectivity index (χ2v) is 12.7. The van der Waals surface area contributed by atoms with Gasteiger partial charge in [-0.1, -0.05) is 122 Å². The molecular weight excluding hydrogens is 576 g/mol. The summed E-state index contributed by atoms with van der Waals surface area (Å²) in [5.41, 5.74) is 0. The minimum atomic E-state index is -1.53. The molecule has 1 heterocycles. The number of carbonyl (C=O) groups is 1. The van der Waals surface area contributed by atoms with Gasteiger partial charge in [0.05, 0.1) is 19.8 Å². The number of carbonyl (C=O) groups excluding carboxylic acids is 1. The van der Waals surface area contributed by atoms with Crippen molar-refractivity contribution in [2.24, 2.45) is 0 Å². The Morgan fingerprint density at radius 1 is 0.689 bits per heavy atom. The number of allylic oxidation sites excluding steroid dienone is 2. The van der Waals surface area contributed by atoms with Gasteiger partial charge in [0.15, 0.2) is 6.29 Å². The van der Waals surface area contributed by atoms with E-state index < -0.39 is 43.4 Å². The highest BCUT2D eigenvalue weighted by Gasteiger charge is 2.44. The van der Waals surface area contributed by atoms with Crippen molar-refractivity contribution >= 4 is 5.97 Å². The molecule has 0 aromatic rings. The zero-order valence-corrected chi connectivity index (χ0v) is 28.6. The topological polar surface area (TPSA) is 135 Å². The molecule has 1 aliphatic rings. The van der Waals surface area contributed by atoms with E-state index in [1.54, 1.807) is 0 Å². The smallest absolute Gasteiger partial charge is 0.306 e. The lowest BCUT2D eigenvalue weighted by Gasteiger charge is -2.39. The SMILES string of the molecule is CCC/C=C\CCCCCCCCOCC(COC1OC(CO)C(O)C(O)C1O)OC(=O)CCCCCCCCCCCCC. The van der Waals surface area contributed by atoms with Crippen molar-refractivity contribution in [3.8, 4) is 0 Å². The number of hydrogen-bond acceptors (Lipinski definition) is 9. The molecule has 0 spiro atoms. The van der Waals surface area contributed by atoms with Gasteiger partial charge < -0.3 is 39.4 Å². The summed E-state index contributed by atoms with van der Waals surface area (Å²) >= 11 is 0. The summed E-state index contributed by atoms with van der Waals surface area (Å²) in [6, 6.07) is 0. The molecule has 1 fully saturated rings. The summed E-state index contributed by atoms with van der Waals surface area (Å²) < 4.78 is 22.6. The maximum Gasteiger partial charge on any atom is 0.306 e. The van der Waals surface area contributed by atoms with E-state index in [0.29, 0.717) is 13.0 Å². The van der Waals surface area contributed by atoms with E-state index in [1.807, 2.05) is 0 Å². The highest BCUT2D eigenvalue weighted by Crippen LogP contribution is 2.22. The molecule has 6 unspecified atom stereocenters. The molecule has 1 rings (SSSR count). The molecule has 0 aromatic heterocycles. The van der Waals surface area contributed by atoms with E-state index in [1.165, 1.54) is 89.9 Å². The normalized spacial score (nSPS) is 22.7. The number of ether oxygens (including phenoxy) is 4. The number of aliphatic hydroxyl groups excluding tert-OH is 4. The van der Waals surface area contributed by atoms with Gasteiger partial charge in [0, 0.05) is 13.0 Å². The molecule has 9 heteroatoms. The van der Waals surface area contributed by atoms with Gasteiger partial charge >= 0.3 is 5.97 Å². The van der Waals surface area contributed by atoms with Crippen LogP contribution in [-0.4, -0.2) is 89.6 Å². The Hall–Kier alpha value is -1.07. The van der Waals surface area contributed by atoms with E-state index in [-0.39, 0.29) is 19.2 Å². The first-order valence-electron chi connectivity index (χ1n) is 18.3. The molecule has 0 aliphatic carbocycles. The summed E-state index contributed by atoms with van der Waals surface area (Å²) in [6.07, 6.45) is 20.9. The molecule has 0 radical (unpaired) electrons. The fourth-order valence-corrected chi connectivity index (χ4v) is 5.49. The predicted octanol–water partition coefficient (Wildman–Crippen LogP) is 6.52. The monoisotopic (exact) mass is 644 g/mol. The van der Waals surface area contributed by atoms with Crippen LogP contribution in [0.2, 0.25) is 0 Å². The van der Waals surface area contributed by atoms with Gasteiger partial charge in [-0.3, -0.25) is 4.79 Å². The van der Waals surface area contributed by atoms with Gasteiger partial charge in [0.2, 0.25) is 0 Å². The van der Waals surface area contributed by atoms with Crippen LogP contribution in [0, 0.1) is 0 Å². The summed E-state index contributed by atoms with van der Waals surface area (Å²) in [4.78, 5) is 12.6. The van der Waals surface area contributed by atoms with Crippen LogP contribution < -0.4 is 0 Å². The molecule has 6 atom stereocenters. The quantitative estimate of drug-likeness (QED) is 0.0392. The third-order valence-electron chi connectivity index (χ3n) is 8.41. The zero-order chi connectivity index (χ0) is 33.0. The second kappa shape index (κ2) is 29.1. The van der Waals surface area contributed by atoms with Crippen LogP contribution in [-0.2, 0) is 23.7 Å². The molecule has 9 nitrogen and oxygen atoms in total. The third-order valence-corrected chi connectivity index (χ3v) is 8.41. The van der Waals surface area contributed by atoms with Crippen LogP contribution in [0.1, 0.15) is 149 Å². The van der Waals surface area contributed by atoms with Gasteiger partial charge in [0.1, 0.15) is 30.5 Å². The van der Waals surface area contributed by atoms with Gasteiger partial charge in [-0.15, -0.1) is 0 Å². The van der Waals surface area contributed by atoms with Crippen LogP contribution in [0.15, 0.2) is 12.2 Å². The van der Waals surface area contributed by atoms with E-state index in [9.17, 15) is 25.2 Å². The van der Waals surface area contributed by atoms with Crippen molar-refractivity contribution in [2.45, 2.75) is 185 Å². The first-order chi connectivity index (χ1) is 21.9. The number of aliphatic hydroxyl groups is 4. The molecule has 1 aliphatic heterocycles. The average Bonchev–Trinajstić information content (AvgIpc) is 3.04. The highest BCUT2D eigenvalue weighted by atomic mass is 16.7. The summed E-state index contributed by atoms with van der Waals surface area (Å²) in [6.45, 7) is 4.47. The van der Waals surface area contributed by atoms with Gasteiger partial charge in [-0.25, -0.2) is 0 Å². The van der Waals surface area contributed by atoms with Crippen LogP contribution in [0.3, 0.4) is 0 Å². The average molecular weight is 645 g/mol. The molecule has 0 amide bonds. The van der Waals surface area contributed by atoms with Crippen LogP contribution in [0.25, 0.3) is 0 Å². The molecule has 1 saturated heterocycles. The Morgan fingerprint density at radius 2 is 1.27 bits per heavy atom. The van der Waals surface area contributed by atoms with Crippen LogP contribution in [0.5, 0.6) is 0 Å². The number of unbranched alkanes of at least 4 members (excludes halogenated alkanes) is 17. The molecule has 0 aromatic carbocycles. The van der Waals surface area contributed by atoms with Crippen molar-refractivity contribution in [1.29, 1.82) is 0 Å². The molecule has 45 heavy (non-hydrogen) atoms. The Bertz CT molecular complexity index is 702. The van der Waals surface area contributed by atoms with Gasteiger partial charge in [-0.2, -0.15) is 0 Å². The van der Waals surface area contributed by atoms with E-state index in [4.69, 9.17) is 18.9 Å². The van der Waals surface area contributed by atoms with Crippen LogP contribution >= 0.6 is 0 Å². The Morgan fingerprint density at radius 3 is 1.89 bits per heavy atom. The Balaban J connectivity index is 2.36. The lowest BCUT2D eigenvalue weighted by molar-refractivity contribution is -0.305. The van der Waals surface area contributed by atoms with Crippen molar-refractivity contribution in [3.63, 3.8) is 0 Å². The van der Waals surface area contributed by atoms with E-state index in [0.717, 1.165) is 38.5 Å². The largest absolute Gasteiger partial charge is 0.457 e. The maximum absolute atomic E-state index is 12.6. The van der Waals surface area contributed by atoms with E-state index >= 15 is 0 Å².